The second-order valence-electron chi connectivity index (χ2n) is 3.65. The van der Waals surface area contributed by atoms with Gasteiger partial charge in [0.15, 0.2) is 0 Å². The van der Waals surface area contributed by atoms with E-state index in [1.807, 2.05) is 13.1 Å². The molecule has 0 aromatic carbocycles. The number of hydrogen-bond donors (Lipinski definition) is 1. The minimum Gasteiger partial charge on any atom is -0.313 e. The van der Waals surface area contributed by atoms with Crippen LogP contribution >= 0.6 is 38.9 Å². The van der Waals surface area contributed by atoms with Crippen LogP contribution in [0.5, 0.6) is 0 Å². The molecule has 0 spiro atoms. The quantitative estimate of drug-likeness (QED) is 0.914. The van der Waals surface area contributed by atoms with Crippen molar-refractivity contribution in [3.63, 3.8) is 0 Å². The van der Waals surface area contributed by atoms with Gasteiger partial charge in [-0.15, -0.1) is 11.3 Å². The fraction of sp³-hybridized carbons (Fsp3) is 0.250. The molecule has 2 aromatic rings. The molecule has 2 heterocycles. The summed E-state index contributed by atoms with van der Waals surface area (Å²) in [6.07, 6.45) is 4.39. The Morgan fingerprint density at radius 1 is 1.47 bits per heavy atom. The highest BCUT2D eigenvalue weighted by atomic mass is 79.9. The van der Waals surface area contributed by atoms with E-state index in [0.717, 1.165) is 15.8 Å². The zero-order chi connectivity index (χ0) is 12.3. The maximum atomic E-state index is 6.16. The number of aromatic nitrogens is 1. The first-order valence-corrected chi connectivity index (χ1v) is 7.20. The third-order valence-electron chi connectivity index (χ3n) is 2.56. The highest BCUT2D eigenvalue weighted by Crippen LogP contribution is 2.29. The van der Waals surface area contributed by atoms with E-state index >= 15 is 0 Å². The fourth-order valence-electron chi connectivity index (χ4n) is 1.70. The maximum Gasteiger partial charge on any atom is 0.0701 e. The molecule has 0 amide bonds. The van der Waals surface area contributed by atoms with Crippen molar-refractivity contribution in [1.29, 1.82) is 0 Å². The number of pyridine rings is 1. The number of thiophene rings is 1. The van der Waals surface area contributed by atoms with E-state index in [2.05, 4.69) is 38.4 Å². The molecule has 0 radical (unpaired) electrons. The van der Waals surface area contributed by atoms with Crippen molar-refractivity contribution in [1.82, 2.24) is 10.3 Å². The minimum atomic E-state index is 0.219. The molecule has 0 bridgehead atoms. The van der Waals surface area contributed by atoms with Crippen LogP contribution in [0.2, 0.25) is 5.02 Å². The average Bonchev–Trinajstić information content (AvgIpc) is 2.73. The van der Waals surface area contributed by atoms with Crippen LogP contribution in [0, 0.1) is 0 Å². The second-order valence-corrected chi connectivity index (χ2v) is 6.60. The number of nitrogens with zero attached hydrogens (tertiary/aromatic N) is 1. The van der Waals surface area contributed by atoms with E-state index in [-0.39, 0.29) is 6.04 Å². The average molecular weight is 332 g/mol. The van der Waals surface area contributed by atoms with Gasteiger partial charge in [-0.25, -0.2) is 0 Å². The topological polar surface area (TPSA) is 24.9 Å². The van der Waals surface area contributed by atoms with Crippen molar-refractivity contribution in [3.8, 4) is 0 Å². The third kappa shape index (κ3) is 3.28. The van der Waals surface area contributed by atoms with Crippen LogP contribution in [-0.4, -0.2) is 12.0 Å². The van der Waals surface area contributed by atoms with E-state index in [1.54, 1.807) is 23.7 Å². The van der Waals surface area contributed by atoms with Crippen LogP contribution in [0.15, 0.2) is 34.4 Å². The van der Waals surface area contributed by atoms with Gasteiger partial charge in [-0.3, -0.25) is 4.98 Å². The van der Waals surface area contributed by atoms with Crippen LogP contribution in [0.1, 0.15) is 16.5 Å². The Morgan fingerprint density at radius 3 is 2.88 bits per heavy atom. The Labute approximate surface area is 118 Å². The first-order chi connectivity index (χ1) is 8.20. The number of hydrogen-bond acceptors (Lipinski definition) is 3. The number of nitrogens with one attached hydrogen (secondary N) is 1. The zero-order valence-corrected chi connectivity index (χ0v) is 12.4. The summed E-state index contributed by atoms with van der Waals surface area (Å²) in [5.41, 5.74) is 1.09. The van der Waals surface area contributed by atoms with Crippen molar-refractivity contribution < 1.29 is 0 Å². The molecule has 0 aliphatic heterocycles. The molecular weight excluding hydrogens is 320 g/mol. The molecule has 0 saturated heterocycles. The standard InChI is InChI=1S/C12H12BrClN2S/c1-15-11(6-8-2-3-12(13)17-8)9-4-5-16-7-10(9)14/h2-5,7,11,15H,6H2,1H3. The van der Waals surface area contributed by atoms with Crippen LogP contribution in [0.3, 0.4) is 0 Å². The molecule has 5 heteroatoms. The molecule has 2 aromatic heterocycles. The molecular formula is C12H12BrClN2S. The van der Waals surface area contributed by atoms with Gasteiger partial charge in [-0.1, -0.05) is 11.6 Å². The van der Waals surface area contributed by atoms with Crippen LogP contribution in [0.25, 0.3) is 0 Å². The lowest BCUT2D eigenvalue weighted by Gasteiger charge is -2.16. The summed E-state index contributed by atoms with van der Waals surface area (Å²) in [7, 11) is 1.95. The van der Waals surface area contributed by atoms with Gasteiger partial charge in [-0.2, -0.15) is 0 Å². The lowest BCUT2D eigenvalue weighted by Crippen LogP contribution is -2.18. The first-order valence-electron chi connectivity index (χ1n) is 5.21. The summed E-state index contributed by atoms with van der Waals surface area (Å²) in [6.45, 7) is 0. The van der Waals surface area contributed by atoms with E-state index in [0.29, 0.717) is 5.02 Å². The smallest absolute Gasteiger partial charge is 0.0701 e. The highest BCUT2D eigenvalue weighted by molar-refractivity contribution is 9.11. The van der Waals surface area contributed by atoms with Gasteiger partial charge in [-0.05, 0) is 46.7 Å². The molecule has 0 saturated carbocycles. The molecule has 1 unspecified atom stereocenters. The molecule has 2 rings (SSSR count). The summed E-state index contributed by atoms with van der Waals surface area (Å²) < 4.78 is 1.16. The van der Waals surface area contributed by atoms with E-state index in [9.17, 15) is 0 Å². The number of rotatable bonds is 4. The van der Waals surface area contributed by atoms with Gasteiger partial charge in [0.05, 0.1) is 8.81 Å². The largest absolute Gasteiger partial charge is 0.313 e. The minimum absolute atomic E-state index is 0.219. The Hall–Kier alpha value is -0.420. The number of halogens is 2. The maximum absolute atomic E-state index is 6.16. The Morgan fingerprint density at radius 2 is 2.29 bits per heavy atom. The van der Waals surface area contributed by atoms with Crippen molar-refractivity contribution in [2.24, 2.45) is 0 Å². The first kappa shape index (κ1) is 13.0. The van der Waals surface area contributed by atoms with Crippen molar-refractivity contribution >= 4 is 38.9 Å². The molecule has 0 fully saturated rings. The SMILES string of the molecule is CNC(Cc1ccc(Br)s1)c1ccncc1Cl. The highest BCUT2D eigenvalue weighted by Gasteiger charge is 2.14. The molecule has 1 atom stereocenters. The van der Waals surface area contributed by atoms with Crippen molar-refractivity contribution in [3.05, 3.63) is 49.8 Å². The van der Waals surface area contributed by atoms with Gasteiger partial charge in [0, 0.05) is 29.7 Å². The molecule has 0 aliphatic rings. The van der Waals surface area contributed by atoms with Gasteiger partial charge in [0.1, 0.15) is 0 Å². The Balaban J connectivity index is 2.20. The summed E-state index contributed by atoms with van der Waals surface area (Å²) in [5.74, 6) is 0. The predicted octanol–water partition coefficient (Wildman–Crippen LogP) is 4.06. The van der Waals surface area contributed by atoms with Crippen LogP contribution in [0.4, 0.5) is 0 Å². The lowest BCUT2D eigenvalue weighted by molar-refractivity contribution is 0.596. The second kappa shape index (κ2) is 5.96. The molecule has 90 valence electrons. The van der Waals surface area contributed by atoms with E-state index in [1.165, 1.54) is 4.88 Å². The number of likely N-dealkylation sites (N-methyl/N-ethyl adjacent to an activating group) is 1. The molecule has 1 N–H and O–H groups in total. The van der Waals surface area contributed by atoms with Crippen LogP contribution < -0.4 is 5.32 Å². The Bertz CT molecular complexity index is 501. The third-order valence-corrected chi connectivity index (χ3v) is 4.52. The van der Waals surface area contributed by atoms with Crippen LogP contribution in [-0.2, 0) is 6.42 Å². The van der Waals surface area contributed by atoms with E-state index < -0.39 is 0 Å². The fourth-order valence-corrected chi connectivity index (χ4v) is 3.48. The summed E-state index contributed by atoms with van der Waals surface area (Å²) >= 11 is 11.4. The van der Waals surface area contributed by atoms with Gasteiger partial charge in [0.25, 0.3) is 0 Å². The normalized spacial score (nSPS) is 12.6. The van der Waals surface area contributed by atoms with Gasteiger partial charge < -0.3 is 5.32 Å². The summed E-state index contributed by atoms with van der Waals surface area (Å²) in [5, 5.41) is 4.01. The van der Waals surface area contributed by atoms with Gasteiger partial charge >= 0.3 is 0 Å². The Kier molecular flexibility index (Phi) is 4.56. The molecule has 2 nitrogen and oxygen atoms in total. The zero-order valence-electron chi connectivity index (χ0n) is 9.28. The lowest BCUT2D eigenvalue weighted by atomic mass is 10.0. The monoisotopic (exact) mass is 330 g/mol. The molecule has 0 aliphatic carbocycles. The summed E-state index contributed by atoms with van der Waals surface area (Å²) in [4.78, 5) is 5.33. The van der Waals surface area contributed by atoms with Crippen molar-refractivity contribution in [2.45, 2.75) is 12.5 Å². The molecule has 17 heavy (non-hydrogen) atoms. The van der Waals surface area contributed by atoms with E-state index in [4.69, 9.17) is 11.6 Å². The predicted molar refractivity (Wildman–Crippen MR) is 76.8 cm³/mol. The summed E-state index contributed by atoms with van der Waals surface area (Å²) in [6, 6.07) is 6.39. The van der Waals surface area contributed by atoms with Crippen molar-refractivity contribution in [2.75, 3.05) is 7.05 Å². The van der Waals surface area contributed by atoms with Gasteiger partial charge in [0.2, 0.25) is 0 Å².